The maximum atomic E-state index is 12.4. The molecule has 8 heteroatoms. The lowest BCUT2D eigenvalue weighted by atomic mass is 10.1. The van der Waals surface area contributed by atoms with Gasteiger partial charge in [0.25, 0.3) is 5.91 Å². The number of carbonyl (C=O) groups excluding carboxylic acids is 1. The summed E-state index contributed by atoms with van der Waals surface area (Å²) >= 11 is 11.8. The SMILES string of the molecule is Cc1cc(C)n(Cc2cccc(C(=O)N/N=C\c3cc(Cl)cc(Cl)c3O)c2)n1. The van der Waals surface area contributed by atoms with Gasteiger partial charge in [-0.05, 0) is 49.7 Å². The summed E-state index contributed by atoms with van der Waals surface area (Å²) in [7, 11) is 0. The lowest BCUT2D eigenvalue weighted by Gasteiger charge is -2.07. The zero-order valence-electron chi connectivity index (χ0n) is 15.3. The molecule has 3 rings (SSSR count). The molecule has 0 aliphatic heterocycles. The van der Waals surface area contributed by atoms with Crippen molar-refractivity contribution in [3.63, 3.8) is 0 Å². The van der Waals surface area contributed by atoms with E-state index < -0.39 is 0 Å². The fourth-order valence-corrected chi connectivity index (χ4v) is 3.24. The zero-order chi connectivity index (χ0) is 20.3. The van der Waals surface area contributed by atoms with Gasteiger partial charge in [-0.2, -0.15) is 10.2 Å². The molecule has 0 atom stereocenters. The first-order chi connectivity index (χ1) is 13.3. The minimum Gasteiger partial charge on any atom is -0.506 e. The van der Waals surface area contributed by atoms with Crippen molar-refractivity contribution in [2.24, 2.45) is 5.10 Å². The van der Waals surface area contributed by atoms with Crippen LogP contribution in [0.3, 0.4) is 0 Å². The van der Waals surface area contributed by atoms with Crippen molar-refractivity contribution >= 4 is 35.3 Å². The molecule has 3 aromatic rings. The number of phenolic OH excluding ortho intramolecular Hbond substituents is 1. The molecule has 28 heavy (non-hydrogen) atoms. The van der Waals surface area contributed by atoms with Gasteiger partial charge in [-0.1, -0.05) is 35.3 Å². The number of benzene rings is 2. The molecule has 0 aliphatic rings. The van der Waals surface area contributed by atoms with Gasteiger partial charge in [0.15, 0.2) is 0 Å². The van der Waals surface area contributed by atoms with Crippen molar-refractivity contribution in [2.75, 3.05) is 0 Å². The Kier molecular flexibility index (Phi) is 6.02. The Hall–Kier alpha value is -2.83. The zero-order valence-corrected chi connectivity index (χ0v) is 16.8. The van der Waals surface area contributed by atoms with Crippen LogP contribution in [0.5, 0.6) is 5.75 Å². The van der Waals surface area contributed by atoms with Crippen molar-refractivity contribution < 1.29 is 9.90 Å². The smallest absolute Gasteiger partial charge is 0.271 e. The van der Waals surface area contributed by atoms with Gasteiger partial charge in [0.05, 0.1) is 23.5 Å². The van der Waals surface area contributed by atoms with Gasteiger partial charge < -0.3 is 5.11 Å². The standard InChI is InChI=1S/C20H18Cl2N4O2/c1-12-6-13(2)26(25-12)11-14-4-3-5-15(7-14)20(28)24-23-10-16-8-17(21)9-18(22)19(16)27/h3-10,27H,11H2,1-2H3,(H,24,28)/b23-10-. The Labute approximate surface area is 172 Å². The van der Waals surface area contributed by atoms with Crippen LogP contribution < -0.4 is 5.43 Å². The number of rotatable bonds is 5. The largest absolute Gasteiger partial charge is 0.506 e. The molecule has 0 unspecified atom stereocenters. The highest BCUT2D eigenvalue weighted by Crippen LogP contribution is 2.29. The number of nitrogens with one attached hydrogen (secondary N) is 1. The van der Waals surface area contributed by atoms with E-state index in [0.29, 0.717) is 22.7 Å². The van der Waals surface area contributed by atoms with Crippen molar-refractivity contribution in [3.8, 4) is 5.75 Å². The van der Waals surface area contributed by atoms with Crippen LogP contribution in [0.4, 0.5) is 0 Å². The molecule has 0 saturated heterocycles. The van der Waals surface area contributed by atoms with E-state index in [0.717, 1.165) is 17.0 Å². The topological polar surface area (TPSA) is 79.5 Å². The van der Waals surface area contributed by atoms with Crippen molar-refractivity contribution in [1.82, 2.24) is 15.2 Å². The van der Waals surface area contributed by atoms with E-state index in [1.807, 2.05) is 36.7 Å². The molecule has 1 amide bonds. The van der Waals surface area contributed by atoms with Crippen molar-refractivity contribution in [1.29, 1.82) is 0 Å². The van der Waals surface area contributed by atoms with E-state index in [2.05, 4.69) is 15.6 Å². The van der Waals surface area contributed by atoms with E-state index in [4.69, 9.17) is 23.2 Å². The predicted octanol–water partition coefficient (Wildman–Crippen LogP) is 4.32. The number of carbonyl (C=O) groups is 1. The molecule has 6 nitrogen and oxygen atoms in total. The Morgan fingerprint density at radius 1 is 1.25 bits per heavy atom. The van der Waals surface area contributed by atoms with Crippen molar-refractivity contribution in [2.45, 2.75) is 20.4 Å². The van der Waals surface area contributed by atoms with Gasteiger partial charge in [0, 0.05) is 21.8 Å². The summed E-state index contributed by atoms with van der Waals surface area (Å²) in [5.74, 6) is -0.532. The molecular weight excluding hydrogens is 399 g/mol. The van der Waals surface area contributed by atoms with E-state index >= 15 is 0 Å². The maximum absolute atomic E-state index is 12.4. The van der Waals surface area contributed by atoms with Crippen molar-refractivity contribution in [3.05, 3.63) is 80.6 Å². The summed E-state index contributed by atoms with van der Waals surface area (Å²) in [6.45, 7) is 4.50. The summed E-state index contributed by atoms with van der Waals surface area (Å²) in [4.78, 5) is 12.4. The van der Waals surface area contributed by atoms with Crippen LogP contribution in [-0.2, 0) is 6.54 Å². The highest BCUT2D eigenvalue weighted by molar-refractivity contribution is 6.36. The van der Waals surface area contributed by atoms with Gasteiger partial charge in [-0.25, -0.2) is 5.43 Å². The molecular formula is C20H18Cl2N4O2. The summed E-state index contributed by atoms with van der Waals surface area (Å²) in [5.41, 5.74) is 6.14. The van der Waals surface area contributed by atoms with E-state index in [-0.39, 0.29) is 16.7 Å². The number of hydrazone groups is 1. The second-order valence-electron chi connectivity index (χ2n) is 6.31. The van der Waals surface area contributed by atoms with Crippen LogP contribution in [-0.4, -0.2) is 27.0 Å². The number of aromatic hydroxyl groups is 1. The fourth-order valence-electron chi connectivity index (χ4n) is 2.73. The van der Waals surface area contributed by atoms with Crippen LogP contribution in [0.15, 0.2) is 47.6 Å². The van der Waals surface area contributed by atoms with Gasteiger partial charge in [-0.3, -0.25) is 9.48 Å². The Morgan fingerprint density at radius 2 is 2.04 bits per heavy atom. The first-order valence-corrected chi connectivity index (χ1v) is 9.20. The summed E-state index contributed by atoms with van der Waals surface area (Å²) in [5, 5.41) is 18.7. The summed E-state index contributed by atoms with van der Waals surface area (Å²) in [6, 6.07) is 12.1. The van der Waals surface area contributed by atoms with E-state index in [1.165, 1.54) is 18.3 Å². The second-order valence-corrected chi connectivity index (χ2v) is 7.15. The number of hydrogen-bond acceptors (Lipinski definition) is 4. The minimum absolute atomic E-state index is 0.108. The third-order valence-corrected chi connectivity index (χ3v) is 4.56. The molecule has 1 aromatic heterocycles. The number of hydrogen-bond donors (Lipinski definition) is 2. The number of nitrogens with zero attached hydrogens (tertiary/aromatic N) is 3. The number of halogens is 2. The third kappa shape index (κ3) is 4.71. The molecule has 0 saturated carbocycles. The molecule has 0 radical (unpaired) electrons. The first kappa shape index (κ1) is 19.9. The Bertz CT molecular complexity index is 1060. The lowest BCUT2D eigenvalue weighted by Crippen LogP contribution is -2.18. The van der Waals surface area contributed by atoms with E-state index in [1.54, 1.807) is 12.1 Å². The Balaban J connectivity index is 1.70. The predicted molar refractivity (Wildman–Crippen MR) is 110 cm³/mol. The molecule has 1 heterocycles. The highest BCUT2D eigenvalue weighted by atomic mass is 35.5. The molecule has 144 valence electrons. The molecule has 0 spiro atoms. The first-order valence-electron chi connectivity index (χ1n) is 8.45. The maximum Gasteiger partial charge on any atom is 0.271 e. The van der Waals surface area contributed by atoms with Crippen LogP contribution >= 0.6 is 23.2 Å². The lowest BCUT2D eigenvalue weighted by molar-refractivity contribution is 0.0955. The number of aryl methyl sites for hydroxylation is 2. The van der Waals surface area contributed by atoms with Gasteiger partial charge >= 0.3 is 0 Å². The van der Waals surface area contributed by atoms with Gasteiger partial charge in [0.1, 0.15) is 5.75 Å². The molecule has 0 bridgehead atoms. The van der Waals surface area contributed by atoms with Crippen LogP contribution in [0.25, 0.3) is 0 Å². The number of aromatic nitrogens is 2. The molecule has 2 aromatic carbocycles. The summed E-state index contributed by atoms with van der Waals surface area (Å²) < 4.78 is 1.89. The quantitative estimate of drug-likeness (QED) is 0.479. The monoisotopic (exact) mass is 416 g/mol. The van der Waals surface area contributed by atoms with Crippen LogP contribution in [0.1, 0.15) is 32.9 Å². The summed E-state index contributed by atoms with van der Waals surface area (Å²) in [6.07, 6.45) is 1.28. The fraction of sp³-hybridized carbons (Fsp3) is 0.150. The van der Waals surface area contributed by atoms with Gasteiger partial charge in [-0.15, -0.1) is 0 Å². The number of phenols is 1. The normalized spacial score (nSPS) is 11.1. The van der Waals surface area contributed by atoms with Crippen LogP contribution in [0, 0.1) is 13.8 Å². The number of amides is 1. The highest BCUT2D eigenvalue weighted by Gasteiger charge is 2.09. The van der Waals surface area contributed by atoms with Crippen LogP contribution in [0.2, 0.25) is 10.0 Å². The average molecular weight is 417 g/mol. The molecule has 0 fully saturated rings. The Morgan fingerprint density at radius 3 is 2.75 bits per heavy atom. The molecule has 2 N–H and O–H groups in total. The third-order valence-electron chi connectivity index (χ3n) is 4.05. The van der Waals surface area contributed by atoms with E-state index in [9.17, 15) is 9.90 Å². The van der Waals surface area contributed by atoms with Gasteiger partial charge in [0.2, 0.25) is 0 Å². The average Bonchev–Trinajstić information content (AvgIpc) is 2.96. The minimum atomic E-state index is -0.376. The molecule has 0 aliphatic carbocycles. The second kappa shape index (κ2) is 8.46.